The van der Waals surface area contributed by atoms with Crippen LogP contribution < -0.4 is 4.74 Å². The highest BCUT2D eigenvalue weighted by Gasteiger charge is 2.09. The molecule has 0 amide bonds. The van der Waals surface area contributed by atoms with Gasteiger partial charge >= 0.3 is 6.61 Å². The molecule has 0 aliphatic rings. The highest BCUT2D eigenvalue weighted by Crippen LogP contribution is 2.23. The Labute approximate surface area is 81.6 Å². The van der Waals surface area contributed by atoms with Gasteiger partial charge in [-0.2, -0.15) is 8.78 Å². The first kappa shape index (κ1) is 10.1. The van der Waals surface area contributed by atoms with Crippen molar-refractivity contribution in [3.63, 3.8) is 0 Å². The van der Waals surface area contributed by atoms with Gasteiger partial charge in [0.1, 0.15) is 5.75 Å². The Morgan fingerprint density at radius 2 is 2.15 bits per heavy atom. The minimum atomic E-state index is -2.92. The van der Waals surface area contributed by atoms with E-state index in [-0.39, 0.29) is 11.3 Å². The van der Waals surface area contributed by atoms with Crippen molar-refractivity contribution in [3.05, 3.63) is 28.2 Å². The molecule has 0 heterocycles. The maximum atomic E-state index is 11.8. The van der Waals surface area contributed by atoms with Crippen molar-refractivity contribution < 1.29 is 18.3 Å². The molecule has 0 fully saturated rings. The topological polar surface area (TPSA) is 26.3 Å². The van der Waals surface area contributed by atoms with Crippen LogP contribution in [0.2, 0.25) is 0 Å². The predicted octanol–water partition coefficient (Wildman–Crippen LogP) is 2.86. The lowest BCUT2D eigenvalue weighted by Crippen LogP contribution is -2.04. The SMILES string of the molecule is O=Cc1ccc(Br)cc1OC(F)F. The first-order valence-corrected chi connectivity index (χ1v) is 4.12. The van der Waals surface area contributed by atoms with E-state index in [2.05, 4.69) is 20.7 Å². The van der Waals surface area contributed by atoms with Crippen LogP contribution in [0.25, 0.3) is 0 Å². The van der Waals surface area contributed by atoms with Crippen LogP contribution >= 0.6 is 15.9 Å². The number of ether oxygens (including phenoxy) is 1. The van der Waals surface area contributed by atoms with E-state index < -0.39 is 6.61 Å². The first-order valence-electron chi connectivity index (χ1n) is 3.33. The average Bonchev–Trinajstić information content (AvgIpc) is 2.03. The van der Waals surface area contributed by atoms with E-state index in [0.717, 1.165) is 0 Å². The van der Waals surface area contributed by atoms with E-state index in [4.69, 9.17) is 0 Å². The fraction of sp³-hybridized carbons (Fsp3) is 0.125. The molecule has 1 rings (SSSR count). The molecule has 0 saturated heterocycles. The van der Waals surface area contributed by atoms with Gasteiger partial charge in [0, 0.05) is 4.47 Å². The molecule has 1 aromatic carbocycles. The summed E-state index contributed by atoms with van der Waals surface area (Å²) in [5.41, 5.74) is 0.100. The number of hydrogen-bond donors (Lipinski definition) is 0. The van der Waals surface area contributed by atoms with Gasteiger partial charge in [-0.1, -0.05) is 15.9 Å². The summed E-state index contributed by atoms with van der Waals surface area (Å²) in [6, 6.07) is 4.28. The summed E-state index contributed by atoms with van der Waals surface area (Å²) in [6.45, 7) is -2.92. The minimum Gasteiger partial charge on any atom is -0.434 e. The molecule has 0 N–H and O–H groups in total. The molecule has 0 bridgehead atoms. The molecule has 70 valence electrons. The summed E-state index contributed by atoms with van der Waals surface area (Å²) in [4.78, 5) is 10.4. The Kier molecular flexibility index (Phi) is 3.36. The smallest absolute Gasteiger partial charge is 0.387 e. The Balaban J connectivity index is 3.01. The van der Waals surface area contributed by atoms with Crippen molar-refractivity contribution in [2.75, 3.05) is 0 Å². The molecule has 13 heavy (non-hydrogen) atoms. The van der Waals surface area contributed by atoms with E-state index in [0.29, 0.717) is 10.8 Å². The van der Waals surface area contributed by atoms with Crippen molar-refractivity contribution in [1.82, 2.24) is 0 Å². The van der Waals surface area contributed by atoms with Crippen LogP contribution in [-0.4, -0.2) is 12.9 Å². The van der Waals surface area contributed by atoms with Crippen LogP contribution in [0, 0.1) is 0 Å². The van der Waals surface area contributed by atoms with Crippen molar-refractivity contribution >= 4 is 22.2 Å². The second-order valence-electron chi connectivity index (χ2n) is 2.18. The molecule has 0 aromatic heterocycles. The van der Waals surface area contributed by atoms with E-state index in [1.165, 1.54) is 12.1 Å². The van der Waals surface area contributed by atoms with Gasteiger partial charge in [0.05, 0.1) is 5.56 Å². The number of carbonyl (C=O) groups excluding carboxylic acids is 1. The minimum absolute atomic E-state index is 0.100. The van der Waals surface area contributed by atoms with Crippen LogP contribution in [0.15, 0.2) is 22.7 Å². The number of benzene rings is 1. The van der Waals surface area contributed by atoms with Crippen molar-refractivity contribution in [3.8, 4) is 5.75 Å². The summed E-state index contributed by atoms with van der Waals surface area (Å²) in [7, 11) is 0. The quantitative estimate of drug-likeness (QED) is 0.772. The summed E-state index contributed by atoms with van der Waals surface area (Å²) >= 11 is 3.07. The van der Waals surface area contributed by atoms with Crippen molar-refractivity contribution in [2.24, 2.45) is 0 Å². The van der Waals surface area contributed by atoms with E-state index in [1.807, 2.05) is 0 Å². The Morgan fingerprint density at radius 3 is 2.69 bits per heavy atom. The number of halogens is 3. The van der Waals surface area contributed by atoms with Gasteiger partial charge in [-0.15, -0.1) is 0 Å². The monoisotopic (exact) mass is 250 g/mol. The lowest BCUT2D eigenvalue weighted by Gasteiger charge is -2.06. The fourth-order valence-corrected chi connectivity index (χ4v) is 1.14. The van der Waals surface area contributed by atoms with Gasteiger partial charge in [-0.3, -0.25) is 4.79 Å². The molecule has 0 radical (unpaired) electrons. The first-order chi connectivity index (χ1) is 6.13. The van der Waals surface area contributed by atoms with Gasteiger partial charge < -0.3 is 4.74 Å². The highest BCUT2D eigenvalue weighted by atomic mass is 79.9. The highest BCUT2D eigenvalue weighted by molar-refractivity contribution is 9.10. The second-order valence-corrected chi connectivity index (χ2v) is 3.09. The molecule has 5 heteroatoms. The predicted molar refractivity (Wildman–Crippen MR) is 46.2 cm³/mol. The van der Waals surface area contributed by atoms with Crippen molar-refractivity contribution in [1.29, 1.82) is 0 Å². The summed E-state index contributed by atoms with van der Waals surface area (Å²) in [5.74, 6) is -0.126. The largest absolute Gasteiger partial charge is 0.434 e. The Hall–Kier alpha value is -0.970. The summed E-state index contributed by atoms with van der Waals surface area (Å²) in [6.07, 6.45) is 0.462. The molecule has 0 aliphatic heterocycles. The standard InChI is InChI=1S/C8H5BrF2O2/c9-6-2-1-5(4-12)7(3-6)13-8(10)11/h1-4,8H. The molecular weight excluding hydrogens is 246 g/mol. The van der Waals surface area contributed by atoms with E-state index in [1.54, 1.807) is 6.07 Å². The zero-order chi connectivity index (χ0) is 9.84. The third kappa shape index (κ3) is 2.77. The van der Waals surface area contributed by atoms with Crippen LogP contribution in [0.3, 0.4) is 0 Å². The normalized spacial score (nSPS) is 10.2. The number of carbonyl (C=O) groups is 1. The number of hydrogen-bond acceptors (Lipinski definition) is 2. The molecule has 0 saturated carbocycles. The Bertz CT molecular complexity index is 315. The van der Waals surface area contributed by atoms with Gasteiger partial charge in [-0.05, 0) is 18.2 Å². The number of alkyl halides is 2. The van der Waals surface area contributed by atoms with Gasteiger partial charge in [0.15, 0.2) is 6.29 Å². The molecule has 0 spiro atoms. The van der Waals surface area contributed by atoms with E-state index >= 15 is 0 Å². The fourth-order valence-electron chi connectivity index (χ4n) is 0.804. The lowest BCUT2D eigenvalue weighted by molar-refractivity contribution is -0.0501. The van der Waals surface area contributed by atoms with Crippen LogP contribution in [0.4, 0.5) is 8.78 Å². The number of rotatable bonds is 3. The molecule has 0 unspecified atom stereocenters. The zero-order valence-corrected chi connectivity index (χ0v) is 7.92. The average molecular weight is 251 g/mol. The molecule has 1 aromatic rings. The van der Waals surface area contributed by atoms with Crippen LogP contribution in [0.1, 0.15) is 10.4 Å². The van der Waals surface area contributed by atoms with E-state index in [9.17, 15) is 13.6 Å². The Morgan fingerprint density at radius 1 is 1.46 bits per heavy atom. The molecular formula is C8H5BrF2O2. The third-order valence-electron chi connectivity index (χ3n) is 1.32. The van der Waals surface area contributed by atoms with Gasteiger partial charge in [0.2, 0.25) is 0 Å². The summed E-state index contributed by atoms with van der Waals surface area (Å²) < 4.78 is 28.3. The maximum Gasteiger partial charge on any atom is 0.387 e. The van der Waals surface area contributed by atoms with Crippen molar-refractivity contribution in [2.45, 2.75) is 6.61 Å². The summed E-state index contributed by atoms with van der Waals surface area (Å²) in [5, 5.41) is 0. The van der Waals surface area contributed by atoms with Gasteiger partial charge in [-0.25, -0.2) is 0 Å². The molecule has 2 nitrogen and oxygen atoms in total. The van der Waals surface area contributed by atoms with Gasteiger partial charge in [0.25, 0.3) is 0 Å². The van der Waals surface area contributed by atoms with Crippen LogP contribution in [0.5, 0.6) is 5.75 Å². The molecule has 0 aliphatic carbocycles. The number of aldehydes is 1. The maximum absolute atomic E-state index is 11.8. The van der Waals surface area contributed by atoms with Crippen LogP contribution in [-0.2, 0) is 0 Å². The third-order valence-corrected chi connectivity index (χ3v) is 1.81. The zero-order valence-electron chi connectivity index (χ0n) is 6.34. The molecule has 0 atom stereocenters. The lowest BCUT2D eigenvalue weighted by atomic mass is 10.2. The second kappa shape index (κ2) is 4.32.